The molecule has 2 atom stereocenters. The lowest BCUT2D eigenvalue weighted by Gasteiger charge is -2.28. The number of rotatable bonds is 3. The smallest absolute Gasteiger partial charge is 0.124 e. The van der Waals surface area contributed by atoms with Gasteiger partial charge in [-0.15, -0.1) is 0 Å². The van der Waals surface area contributed by atoms with Gasteiger partial charge in [-0.2, -0.15) is 0 Å². The van der Waals surface area contributed by atoms with E-state index in [1.165, 1.54) is 25.1 Å². The summed E-state index contributed by atoms with van der Waals surface area (Å²) in [5.74, 6) is 1.83. The van der Waals surface area contributed by atoms with Gasteiger partial charge in [0.05, 0.1) is 6.61 Å². The molecule has 1 saturated heterocycles. The first-order valence-corrected chi connectivity index (χ1v) is 7.86. The van der Waals surface area contributed by atoms with Crippen LogP contribution in [0.25, 0.3) is 0 Å². The molecule has 19 heavy (non-hydrogen) atoms. The van der Waals surface area contributed by atoms with Gasteiger partial charge in [0, 0.05) is 29.0 Å². The van der Waals surface area contributed by atoms with Gasteiger partial charge < -0.3 is 15.0 Å². The van der Waals surface area contributed by atoms with Gasteiger partial charge in [0.15, 0.2) is 0 Å². The van der Waals surface area contributed by atoms with Crippen LogP contribution in [0, 0.1) is 5.92 Å². The van der Waals surface area contributed by atoms with Crippen molar-refractivity contribution >= 4 is 15.9 Å². The Morgan fingerprint density at radius 2 is 2.32 bits per heavy atom. The van der Waals surface area contributed by atoms with Crippen LogP contribution in [0.15, 0.2) is 22.7 Å². The summed E-state index contributed by atoms with van der Waals surface area (Å²) in [6.07, 6.45) is 2.38. The molecule has 4 heteroatoms. The molecular formula is C15H21BrN2O. The van der Waals surface area contributed by atoms with Crippen molar-refractivity contribution in [2.45, 2.75) is 18.9 Å². The van der Waals surface area contributed by atoms with Crippen LogP contribution < -0.4 is 10.1 Å². The molecule has 0 radical (unpaired) electrons. The van der Waals surface area contributed by atoms with E-state index in [1.807, 2.05) is 6.07 Å². The first-order chi connectivity index (χ1) is 9.22. The first-order valence-electron chi connectivity index (χ1n) is 7.06. The number of benzene rings is 1. The quantitative estimate of drug-likeness (QED) is 0.925. The maximum absolute atomic E-state index is 5.73. The Labute approximate surface area is 123 Å². The zero-order valence-corrected chi connectivity index (χ0v) is 12.9. The minimum absolute atomic E-state index is 0.437. The Bertz CT molecular complexity index is 452. The molecule has 3 rings (SSSR count). The summed E-state index contributed by atoms with van der Waals surface area (Å²) in [5, 5.41) is 3.74. The molecule has 0 bridgehead atoms. The van der Waals surface area contributed by atoms with Crippen molar-refractivity contribution in [3.63, 3.8) is 0 Å². The third-order valence-corrected chi connectivity index (χ3v) is 4.65. The molecule has 2 aliphatic heterocycles. The fourth-order valence-electron chi connectivity index (χ4n) is 3.08. The third-order valence-electron chi connectivity index (χ3n) is 4.15. The SMILES string of the molecule is CN1CCC(CNC2CCOc3ccc(Br)cc32)C1. The summed E-state index contributed by atoms with van der Waals surface area (Å²) >= 11 is 3.55. The molecule has 3 nitrogen and oxygen atoms in total. The second-order valence-electron chi connectivity index (χ2n) is 5.70. The number of fused-ring (bicyclic) bond motifs is 1. The van der Waals surface area contributed by atoms with E-state index in [1.54, 1.807) is 0 Å². The van der Waals surface area contributed by atoms with Crippen molar-refractivity contribution in [3.8, 4) is 5.75 Å². The van der Waals surface area contributed by atoms with E-state index in [-0.39, 0.29) is 0 Å². The van der Waals surface area contributed by atoms with E-state index < -0.39 is 0 Å². The second kappa shape index (κ2) is 5.81. The highest BCUT2D eigenvalue weighted by molar-refractivity contribution is 9.10. The molecule has 0 spiro atoms. The second-order valence-corrected chi connectivity index (χ2v) is 6.61. The summed E-state index contributed by atoms with van der Waals surface area (Å²) in [7, 11) is 2.21. The number of hydrogen-bond acceptors (Lipinski definition) is 3. The Morgan fingerprint density at radius 3 is 3.11 bits per heavy atom. The molecular weight excluding hydrogens is 304 g/mol. The highest BCUT2D eigenvalue weighted by atomic mass is 79.9. The van der Waals surface area contributed by atoms with Gasteiger partial charge in [0.25, 0.3) is 0 Å². The molecule has 0 amide bonds. The lowest BCUT2D eigenvalue weighted by molar-refractivity contribution is 0.248. The Balaban J connectivity index is 1.64. The number of ether oxygens (including phenoxy) is 1. The van der Waals surface area contributed by atoms with Gasteiger partial charge in [-0.05, 0) is 50.7 Å². The van der Waals surface area contributed by atoms with Crippen LogP contribution in [0.2, 0.25) is 0 Å². The average Bonchev–Trinajstić information content (AvgIpc) is 2.82. The number of nitrogens with one attached hydrogen (secondary N) is 1. The average molecular weight is 325 g/mol. The van der Waals surface area contributed by atoms with Crippen LogP contribution in [-0.4, -0.2) is 38.2 Å². The summed E-state index contributed by atoms with van der Waals surface area (Å²) in [4.78, 5) is 2.42. The van der Waals surface area contributed by atoms with Crippen molar-refractivity contribution in [1.82, 2.24) is 10.2 Å². The fourth-order valence-corrected chi connectivity index (χ4v) is 3.46. The van der Waals surface area contributed by atoms with Crippen LogP contribution in [0.4, 0.5) is 0 Å². The number of hydrogen-bond donors (Lipinski definition) is 1. The zero-order chi connectivity index (χ0) is 13.2. The maximum Gasteiger partial charge on any atom is 0.124 e. The van der Waals surface area contributed by atoms with Gasteiger partial charge in [-0.1, -0.05) is 15.9 Å². The van der Waals surface area contributed by atoms with Gasteiger partial charge in [0.2, 0.25) is 0 Å². The van der Waals surface area contributed by atoms with Crippen LogP contribution in [0.1, 0.15) is 24.4 Å². The monoisotopic (exact) mass is 324 g/mol. The lowest BCUT2D eigenvalue weighted by Crippen LogP contribution is -2.32. The largest absolute Gasteiger partial charge is 0.493 e. The minimum Gasteiger partial charge on any atom is -0.493 e. The molecule has 1 N–H and O–H groups in total. The van der Waals surface area contributed by atoms with Crippen LogP contribution in [0.5, 0.6) is 5.75 Å². The molecule has 104 valence electrons. The van der Waals surface area contributed by atoms with E-state index in [0.717, 1.165) is 35.7 Å². The summed E-state index contributed by atoms with van der Waals surface area (Å²) in [6, 6.07) is 6.74. The number of halogens is 1. The Kier molecular flexibility index (Phi) is 4.10. The highest BCUT2D eigenvalue weighted by Gasteiger charge is 2.24. The van der Waals surface area contributed by atoms with Crippen LogP contribution >= 0.6 is 15.9 Å². The first kappa shape index (κ1) is 13.4. The van der Waals surface area contributed by atoms with E-state index in [4.69, 9.17) is 4.74 Å². The molecule has 0 aliphatic carbocycles. The topological polar surface area (TPSA) is 24.5 Å². The van der Waals surface area contributed by atoms with E-state index in [9.17, 15) is 0 Å². The molecule has 0 aromatic heterocycles. The summed E-state index contributed by atoms with van der Waals surface area (Å²) < 4.78 is 6.86. The predicted molar refractivity (Wildman–Crippen MR) is 80.6 cm³/mol. The van der Waals surface area contributed by atoms with Crippen molar-refractivity contribution in [2.24, 2.45) is 5.92 Å². The normalized spacial score (nSPS) is 27.1. The molecule has 2 unspecified atom stereocenters. The Morgan fingerprint density at radius 1 is 1.42 bits per heavy atom. The third kappa shape index (κ3) is 3.12. The number of nitrogens with zero attached hydrogens (tertiary/aromatic N) is 1. The van der Waals surface area contributed by atoms with Crippen molar-refractivity contribution in [1.29, 1.82) is 0 Å². The molecule has 2 heterocycles. The zero-order valence-electron chi connectivity index (χ0n) is 11.4. The van der Waals surface area contributed by atoms with E-state index >= 15 is 0 Å². The number of likely N-dealkylation sites (tertiary alicyclic amines) is 1. The van der Waals surface area contributed by atoms with Gasteiger partial charge in [0.1, 0.15) is 5.75 Å². The molecule has 2 aliphatic rings. The molecule has 1 aromatic rings. The van der Waals surface area contributed by atoms with Gasteiger partial charge >= 0.3 is 0 Å². The molecule has 1 fully saturated rings. The fraction of sp³-hybridized carbons (Fsp3) is 0.600. The van der Waals surface area contributed by atoms with Crippen molar-refractivity contribution in [2.75, 3.05) is 33.3 Å². The predicted octanol–water partition coefficient (Wildman–Crippen LogP) is 2.81. The highest BCUT2D eigenvalue weighted by Crippen LogP contribution is 2.34. The van der Waals surface area contributed by atoms with E-state index in [0.29, 0.717) is 6.04 Å². The minimum atomic E-state index is 0.437. The maximum atomic E-state index is 5.73. The van der Waals surface area contributed by atoms with Crippen LogP contribution in [0.3, 0.4) is 0 Å². The van der Waals surface area contributed by atoms with Gasteiger partial charge in [-0.25, -0.2) is 0 Å². The van der Waals surface area contributed by atoms with Crippen LogP contribution in [-0.2, 0) is 0 Å². The molecule has 1 aromatic carbocycles. The standard InChI is InChI=1S/C15H21BrN2O/c1-18-6-4-11(10-18)9-17-14-5-7-19-15-3-2-12(16)8-13(14)15/h2-3,8,11,14,17H,4-7,9-10H2,1H3. The molecule has 0 saturated carbocycles. The Hall–Kier alpha value is -0.580. The van der Waals surface area contributed by atoms with Crippen molar-refractivity contribution < 1.29 is 4.74 Å². The van der Waals surface area contributed by atoms with E-state index in [2.05, 4.69) is 45.3 Å². The summed E-state index contributed by atoms with van der Waals surface area (Å²) in [5.41, 5.74) is 1.30. The van der Waals surface area contributed by atoms with Gasteiger partial charge in [-0.3, -0.25) is 0 Å². The van der Waals surface area contributed by atoms with Crippen molar-refractivity contribution in [3.05, 3.63) is 28.2 Å². The summed E-state index contributed by atoms with van der Waals surface area (Å²) in [6.45, 7) is 4.39. The lowest BCUT2D eigenvalue weighted by atomic mass is 9.99.